The van der Waals surface area contributed by atoms with Gasteiger partial charge in [-0.2, -0.15) is 0 Å². The molecule has 3 fully saturated rings. The fourth-order valence-electron chi connectivity index (χ4n) is 6.94. The largest absolute Gasteiger partial charge is 0.388 e. The molecule has 1 aliphatic heterocycles. The van der Waals surface area contributed by atoms with Crippen LogP contribution in [0.4, 0.5) is 0 Å². The highest BCUT2D eigenvalue weighted by Crippen LogP contribution is 2.61. The van der Waals surface area contributed by atoms with Crippen molar-refractivity contribution in [1.82, 2.24) is 0 Å². The second kappa shape index (κ2) is 9.80. The topological polar surface area (TPSA) is 79.2 Å². The summed E-state index contributed by atoms with van der Waals surface area (Å²) < 4.78 is 11.3. The second-order valence-corrected chi connectivity index (χ2v) is 11.7. The van der Waals surface area contributed by atoms with Crippen molar-refractivity contribution >= 4 is 0 Å². The average Bonchev–Trinajstić information content (AvgIpc) is 2.69. The third-order valence-corrected chi connectivity index (χ3v) is 8.97. The van der Waals surface area contributed by atoms with Crippen LogP contribution >= 0.6 is 0 Å². The average molecular weight is 439 g/mol. The molecule has 0 spiro atoms. The van der Waals surface area contributed by atoms with E-state index in [0.717, 1.165) is 18.8 Å². The molecule has 5 nitrogen and oxygen atoms in total. The molecule has 180 valence electrons. The first-order valence-electron chi connectivity index (χ1n) is 12.5. The third kappa shape index (κ3) is 5.22. The number of hydrogen-bond acceptors (Lipinski definition) is 5. The van der Waals surface area contributed by atoms with Crippen molar-refractivity contribution in [3.63, 3.8) is 0 Å². The summed E-state index contributed by atoms with van der Waals surface area (Å²) in [4.78, 5) is 0. The van der Waals surface area contributed by atoms with Gasteiger partial charge in [0.25, 0.3) is 0 Å². The van der Waals surface area contributed by atoms with Crippen LogP contribution in [0.2, 0.25) is 0 Å². The van der Waals surface area contributed by atoms with Crippen LogP contribution in [0.15, 0.2) is 12.2 Å². The van der Waals surface area contributed by atoms with Gasteiger partial charge in [0.05, 0.1) is 12.7 Å². The van der Waals surface area contributed by atoms with E-state index in [2.05, 4.69) is 34.3 Å². The van der Waals surface area contributed by atoms with Gasteiger partial charge in [0.1, 0.15) is 18.3 Å². The predicted octanol–water partition coefficient (Wildman–Crippen LogP) is 4.44. The van der Waals surface area contributed by atoms with Crippen LogP contribution in [-0.4, -0.2) is 52.6 Å². The van der Waals surface area contributed by atoms with Crippen LogP contribution in [0.5, 0.6) is 0 Å². The molecule has 0 radical (unpaired) electrons. The Morgan fingerprint density at radius 1 is 1.10 bits per heavy atom. The molecule has 0 aromatic rings. The minimum Gasteiger partial charge on any atom is -0.388 e. The van der Waals surface area contributed by atoms with Crippen molar-refractivity contribution in [1.29, 1.82) is 0 Å². The Hall–Kier alpha value is -0.460. The van der Waals surface area contributed by atoms with Gasteiger partial charge < -0.3 is 24.8 Å². The standard InChI is InChI=1S/C26H46O5/c1-16(12-15-30-24-23(29)22(28)21(27)18(3)31-24)8-10-19-17(2)9-11-20-25(4,5)13-7-14-26(19,20)6/h16,18-24,27-29H,2,7-15H2,1,3-6H3/t16-,18-,19+,20+,21-,22+,23+,24+,26-/m0/s1. The summed E-state index contributed by atoms with van der Waals surface area (Å²) >= 11 is 0. The van der Waals surface area contributed by atoms with Crippen LogP contribution in [0.3, 0.4) is 0 Å². The first-order chi connectivity index (χ1) is 14.5. The molecule has 0 aromatic carbocycles. The van der Waals surface area contributed by atoms with Gasteiger partial charge in [-0.15, -0.1) is 0 Å². The van der Waals surface area contributed by atoms with Crippen molar-refractivity contribution < 1.29 is 24.8 Å². The van der Waals surface area contributed by atoms with Crippen molar-refractivity contribution in [2.45, 2.75) is 117 Å². The zero-order valence-corrected chi connectivity index (χ0v) is 20.3. The number of rotatable bonds is 7. The molecular formula is C26H46O5. The number of fused-ring (bicyclic) bond motifs is 1. The minimum atomic E-state index is -1.24. The van der Waals surface area contributed by atoms with E-state index in [1.807, 2.05) is 0 Å². The van der Waals surface area contributed by atoms with Crippen LogP contribution in [-0.2, 0) is 9.47 Å². The molecule has 0 amide bonds. The van der Waals surface area contributed by atoms with Gasteiger partial charge in [0.15, 0.2) is 6.29 Å². The molecule has 3 rings (SSSR count). The lowest BCUT2D eigenvalue weighted by molar-refractivity contribution is -0.293. The molecule has 9 atom stereocenters. The molecule has 5 heteroatoms. The molecule has 1 heterocycles. The van der Waals surface area contributed by atoms with E-state index in [-0.39, 0.29) is 0 Å². The van der Waals surface area contributed by atoms with Crippen molar-refractivity contribution in [2.24, 2.45) is 28.6 Å². The molecule has 2 saturated carbocycles. The predicted molar refractivity (Wildman–Crippen MR) is 122 cm³/mol. The maximum atomic E-state index is 10.1. The fraction of sp³-hybridized carbons (Fsp3) is 0.923. The maximum absolute atomic E-state index is 10.1. The normalized spacial score (nSPS) is 44.0. The highest BCUT2D eigenvalue weighted by molar-refractivity contribution is 5.15. The van der Waals surface area contributed by atoms with E-state index in [1.54, 1.807) is 6.92 Å². The van der Waals surface area contributed by atoms with E-state index in [4.69, 9.17) is 9.47 Å². The lowest BCUT2D eigenvalue weighted by atomic mass is 9.47. The summed E-state index contributed by atoms with van der Waals surface area (Å²) in [5.41, 5.74) is 2.27. The Morgan fingerprint density at radius 3 is 2.52 bits per heavy atom. The molecular weight excluding hydrogens is 392 g/mol. The third-order valence-electron chi connectivity index (χ3n) is 8.97. The Labute approximate surface area is 189 Å². The zero-order valence-electron chi connectivity index (χ0n) is 20.3. The summed E-state index contributed by atoms with van der Waals surface area (Å²) in [5, 5.41) is 29.8. The van der Waals surface area contributed by atoms with Gasteiger partial charge in [0.2, 0.25) is 0 Å². The van der Waals surface area contributed by atoms with Crippen LogP contribution < -0.4 is 0 Å². The number of ether oxygens (including phenoxy) is 2. The van der Waals surface area contributed by atoms with Gasteiger partial charge in [0, 0.05) is 0 Å². The zero-order chi connectivity index (χ0) is 23.0. The summed E-state index contributed by atoms with van der Waals surface area (Å²) in [5.74, 6) is 1.90. The van der Waals surface area contributed by atoms with Gasteiger partial charge in [-0.3, -0.25) is 0 Å². The summed E-state index contributed by atoms with van der Waals surface area (Å²) in [6.07, 6.45) is 4.68. The molecule has 2 aliphatic carbocycles. The summed E-state index contributed by atoms with van der Waals surface area (Å²) in [7, 11) is 0. The molecule has 3 aliphatic rings. The highest BCUT2D eigenvalue weighted by atomic mass is 16.7. The van der Waals surface area contributed by atoms with Gasteiger partial charge >= 0.3 is 0 Å². The Kier molecular flexibility index (Phi) is 7.96. The Bertz CT molecular complexity index is 619. The molecule has 31 heavy (non-hydrogen) atoms. The van der Waals surface area contributed by atoms with Gasteiger partial charge in [-0.1, -0.05) is 52.7 Å². The van der Waals surface area contributed by atoms with Gasteiger partial charge in [-0.25, -0.2) is 0 Å². The Morgan fingerprint density at radius 2 is 1.81 bits per heavy atom. The Balaban J connectivity index is 1.49. The van der Waals surface area contributed by atoms with E-state index >= 15 is 0 Å². The fourth-order valence-corrected chi connectivity index (χ4v) is 6.94. The molecule has 0 aromatic heterocycles. The molecule has 0 bridgehead atoms. The number of allylic oxidation sites excluding steroid dienone is 1. The van der Waals surface area contributed by atoms with Crippen LogP contribution in [0, 0.1) is 28.6 Å². The van der Waals surface area contributed by atoms with E-state index in [0.29, 0.717) is 29.3 Å². The summed E-state index contributed by atoms with van der Waals surface area (Å²) in [6.45, 7) is 16.4. The molecule has 0 unspecified atom stereocenters. The minimum absolute atomic E-state index is 0.375. The number of hydrogen-bond donors (Lipinski definition) is 3. The van der Waals surface area contributed by atoms with E-state index in [9.17, 15) is 15.3 Å². The van der Waals surface area contributed by atoms with Crippen molar-refractivity contribution in [2.75, 3.05) is 6.61 Å². The van der Waals surface area contributed by atoms with Gasteiger partial charge in [-0.05, 0) is 74.0 Å². The lowest BCUT2D eigenvalue weighted by Gasteiger charge is -2.58. The summed E-state index contributed by atoms with van der Waals surface area (Å²) in [6, 6.07) is 0. The first kappa shape index (κ1) is 25.2. The van der Waals surface area contributed by atoms with E-state index in [1.165, 1.54) is 44.1 Å². The molecule has 3 N–H and O–H groups in total. The van der Waals surface area contributed by atoms with E-state index < -0.39 is 30.7 Å². The van der Waals surface area contributed by atoms with Crippen molar-refractivity contribution in [3.8, 4) is 0 Å². The quantitative estimate of drug-likeness (QED) is 0.512. The maximum Gasteiger partial charge on any atom is 0.186 e. The second-order valence-electron chi connectivity index (χ2n) is 11.7. The monoisotopic (exact) mass is 438 g/mol. The SMILES string of the molecule is C=C1CC[C@@H]2C(C)(C)CCC[C@@]2(C)[C@@H]1CC[C@H](C)CCO[C@@H]1O[C@@H](C)[C@H](O)[C@@H](O)[C@H]1O. The van der Waals surface area contributed by atoms with Crippen LogP contribution in [0.25, 0.3) is 0 Å². The first-order valence-corrected chi connectivity index (χ1v) is 12.5. The van der Waals surface area contributed by atoms with Crippen molar-refractivity contribution in [3.05, 3.63) is 12.2 Å². The number of aliphatic hydroxyl groups excluding tert-OH is 3. The number of aliphatic hydroxyl groups is 3. The van der Waals surface area contributed by atoms with Crippen LogP contribution in [0.1, 0.15) is 86.0 Å². The lowest BCUT2D eigenvalue weighted by Crippen LogP contribution is -2.57. The smallest absolute Gasteiger partial charge is 0.186 e. The molecule has 1 saturated heterocycles. The highest BCUT2D eigenvalue weighted by Gasteiger charge is 2.52.